The number of hydrogen-bond donors (Lipinski definition) is 0. The molecule has 2 fully saturated rings. The monoisotopic (exact) mass is 369 g/mol. The summed E-state index contributed by atoms with van der Waals surface area (Å²) >= 11 is 5.87. The van der Waals surface area contributed by atoms with E-state index in [1.54, 1.807) is 48.5 Å². The van der Waals surface area contributed by atoms with E-state index in [1.165, 1.54) is 4.90 Å². The van der Waals surface area contributed by atoms with Gasteiger partial charge in [-0.3, -0.25) is 14.5 Å². The molecule has 5 heteroatoms. The van der Waals surface area contributed by atoms with E-state index in [9.17, 15) is 9.59 Å². The Balaban J connectivity index is 1.52. The molecular weight excluding hydrogens is 350 g/mol. The van der Waals surface area contributed by atoms with Gasteiger partial charge < -0.3 is 4.74 Å². The highest BCUT2D eigenvalue weighted by Gasteiger charge is 2.49. The molecule has 2 aromatic carbocycles. The number of halogens is 1. The Hall–Kier alpha value is -2.33. The topological polar surface area (TPSA) is 46.6 Å². The lowest BCUT2D eigenvalue weighted by Gasteiger charge is -2.25. The summed E-state index contributed by atoms with van der Waals surface area (Å²) in [6.45, 7) is 2.15. The first kappa shape index (κ1) is 17.1. The van der Waals surface area contributed by atoms with Crippen LogP contribution < -0.4 is 9.64 Å². The number of imide groups is 1. The van der Waals surface area contributed by atoms with Crippen LogP contribution >= 0.6 is 11.6 Å². The molecule has 1 saturated heterocycles. The third kappa shape index (κ3) is 3.10. The summed E-state index contributed by atoms with van der Waals surface area (Å²) in [4.78, 5) is 26.9. The van der Waals surface area contributed by atoms with Crippen molar-refractivity contribution in [3.8, 4) is 11.5 Å². The summed E-state index contributed by atoms with van der Waals surface area (Å²) < 4.78 is 5.77. The van der Waals surface area contributed by atoms with Gasteiger partial charge in [-0.25, -0.2) is 0 Å². The molecule has 1 aliphatic heterocycles. The first-order valence-electron chi connectivity index (χ1n) is 8.94. The van der Waals surface area contributed by atoms with Crippen molar-refractivity contribution < 1.29 is 14.3 Å². The van der Waals surface area contributed by atoms with Crippen molar-refractivity contribution in [1.29, 1.82) is 0 Å². The third-order valence-corrected chi connectivity index (χ3v) is 5.58. The van der Waals surface area contributed by atoms with Crippen LogP contribution in [0.15, 0.2) is 48.5 Å². The molecule has 2 aromatic rings. The van der Waals surface area contributed by atoms with Gasteiger partial charge in [0, 0.05) is 5.02 Å². The van der Waals surface area contributed by atoms with Gasteiger partial charge in [-0.2, -0.15) is 0 Å². The number of anilines is 1. The van der Waals surface area contributed by atoms with Crippen LogP contribution in [0.1, 0.15) is 26.2 Å². The predicted octanol–water partition coefficient (Wildman–Crippen LogP) is 5.06. The summed E-state index contributed by atoms with van der Waals surface area (Å²) in [5, 5.41) is 0.648. The smallest absolute Gasteiger partial charge is 0.237 e. The normalized spacial score (nSPS) is 25.3. The fourth-order valence-corrected chi connectivity index (χ4v) is 4.07. The second-order valence-electron chi connectivity index (χ2n) is 7.19. The molecule has 0 radical (unpaired) electrons. The number of rotatable bonds is 3. The largest absolute Gasteiger partial charge is 0.457 e. The predicted molar refractivity (Wildman–Crippen MR) is 100 cm³/mol. The third-order valence-electron chi connectivity index (χ3n) is 5.33. The van der Waals surface area contributed by atoms with Crippen molar-refractivity contribution in [2.45, 2.75) is 26.2 Å². The first-order chi connectivity index (χ1) is 12.5. The Labute approximate surface area is 157 Å². The molecule has 2 aliphatic rings. The fourth-order valence-electron chi connectivity index (χ4n) is 3.95. The highest BCUT2D eigenvalue weighted by Crippen LogP contribution is 2.42. The van der Waals surface area contributed by atoms with Crippen LogP contribution in [-0.4, -0.2) is 11.8 Å². The van der Waals surface area contributed by atoms with E-state index in [0.717, 1.165) is 19.3 Å². The van der Waals surface area contributed by atoms with Crippen LogP contribution in [0.5, 0.6) is 11.5 Å². The second-order valence-corrected chi connectivity index (χ2v) is 7.63. The number of amides is 2. The van der Waals surface area contributed by atoms with Gasteiger partial charge in [-0.15, -0.1) is 0 Å². The van der Waals surface area contributed by atoms with E-state index in [1.807, 2.05) is 0 Å². The summed E-state index contributed by atoms with van der Waals surface area (Å²) in [6, 6.07) is 14.2. The SMILES string of the molecule is C[C@@H]1CC[C@H]2C(=O)N(c3ccc(Oc4ccc(Cl)cc4)cc3)C(=O)[C@H]2C1. The maximum absolute atomic E-state index is 12.8. The van der Waals surface area contributed by atoms with Crippen LogP contribution in [0.25, 0.3) is 0 Å². The van der Waals surface area contributed by atoms with Gasteiger partial charge in [-0.1, -0.05) is 18.5 Å². The van der Waals surface area contributed by atoms with Crippen LogP contribution in [0.4, 0.5) is 5.69 Å². The van der Waals surface area contributed by atoms with Gasteiger partial charge in [0.05, 0.1) is 17.5 Å². The van der Waals surface area contributed by atoms with Crippen LogP contribution in [0.3, 0.4) is 0 Å². The van der Waals surface area contributed by atoms with Gasteiger partial charge >= 0.3 is 0 Å². The fraction of sp³-hybridized carbons (Fsp3) is 0.333. The molecule has 26 heavy (non-hydrogen) atoms. The molecule has 1 saturated carbocycles. The van der Waals surface area contributed by atoms with Crippen molar-refractivity contribution in [2.24, 2.45) is 17.8 Å². The average molecular weight is 370 g/mol. The molecule has 4 nitrogen and oxygen atoms in total. The van der Waals surface area contributed by atoms with Gasteiger partial charge in [0.1, 0.15) is 11.5 Å². The van der Waals surface area contributed by atoms with Crippen LogP contribution in [-0.2, 0) is 9.59 Å². The maximum Gasteiger partial charge on any atom is 0.237 e. The van der Waals surface area contributed by atoms with Gasteiger partial charge in [0.15, 0.2) is 0 Å². The summed E-state index contributed by atoms with van der Waals surface area (Å²) in [5.41, 5.74) is 0.616. The Bertz CT molecular complexity index is 831. The zero-order valence-corrected chi connectivity index (χ0v) is 15.3. The van der Waals surface area contributed by atoms with E-state index >= 15 is 0 Å². The Morgan fingerprint density at radius 1 is 0.885 bits per heavy atom. The Morgan fingerprint density at radius 3 is 2.12 bits per heavy atom. The van der Waals surface area contributed by atoms with Crippen molar-refractivity contribution in [2.75, 3.05) is 4.90 Å². The van der Waals surface area contributed by atoms with Gasteiger partial charge in [-0.05, 0) is 73.7 Å². The number of ether oxygens (including phenoxy) is 1. The lowest BCUT2D eigenvalue weighted by molar-refractivity contribution is -0.122. The molecule has 134 valence electrons. The zero-order valence-electron chi connectivity index (χ0n) is 14.5. The number of carbonyl (C=O) groups is 2. The molecule has 0 N–H and O–H groups in total. The van der Waals surface area contributed by atoms with E-state index < -0.39 is 0 Å². The minimum absolute atomic E-state index is 0.0572. The molecule has 2 amide bonds. The molecule has 1 heterocycles. The Morgan fingerprint density at radius 2 is 1.46 bits per heavy atom. The minimum Gasteiger partial charge on any atom is -0.457 e. The summed E-state index contributed by atoms with van der Waals surface area (Å²) in [5.74, 6) is 1.40. The van der Waals surface area contributed by atoms with Gasteiger partial charge in [0.2, 0.25) is 11.8 Å². The van der Waals surface area contributed by atoms with Crippen LogP contribution in [0.2, 0.25) is 5.02 Å². The minimum atomic E-state index is -0.156. The zero-order chi connectivity index (χ0) is 18.3. The summed E-state index contributed by atoms with van der Waals surface area (Å²) in [7, 11) is 0. The molecule has 0 aromatic heterocycles. The first-order valence-corrected chi connectivity index (χ1v) is 9.32. The van der Waals surface area contributed by atoms with Crippen LogP contribution in [0, 0.1) is 17.8 Å². The molecular formula is C21H20ClNO3. The van der Waals surface area contributed by atoms with Gasteiger partial charge in [0.25, 0.3) is 0 Å². The number of fused-ring (bicyclic) bond motifs is 1. The van der Waals surface area contributed by atoms with Crippen molar-refractivity contribution in [1.82, 2.24) is 0 Å². The molecule has 0 bridgehead atoms. The molecule has 1 aliphatic carbocycles. The lowest BCUT2D eigenvalue weighted by atomic mass is 9.76. The standard InChI is InChI=1S/C21H20ClNO3/c1-13-2-11-18-19(12-13)21(25)23(20(18)24)15-5-9-17(10-6-15)26-16-7-3-14(22)4-8-16/h3-10,13,18-19H,2,11-12H2,1H3/t13-,18-,19+/m1/s1. The lowest BCUT2D eigenvalue weighted by Crippen LogP contribution is -2.30. The molecule has 0 unspecified atom stereocenters. The maximum atomic E-state index is 12.8. The van der Waals surface area contributed by atoms with E-state index in [2.05, 4.69) is 6.92 Å². The average Bonchev–Trinajstić information content (AvgIpc) is 2.88. The highest BCUT2D eigenvalue weighted by molar-refractivity contribution is 6.30. The number of benzene rings is 2. The molecule has 0 spiro atoms. The van der Waals surface area contributed by atoms with E-state index in [0.29, 0.717) is 28.1 Å². The number of carbonyl (C=O) groups excluding carboxylic acids is 2. The van der Waals surface area contributed by atoms with E-state index in [-0.39, 0.29) is 23.7 Å². The second kappa shape index (κ2) is 6.76. The van der Waals surface area contributed by atoms with Crippen molar-refractivity contribution in [3.05, 3.63) is 53.6 Å². The Kier molecular flexibility index (Phi) is 4.45. The molecule has 3 atom stereocenters. The number of hydrogen-bond acceptors (Lipinski definition) is 3. The van der Waals surface area contributed by atoms with Crippen molar-refractivity contribution in [3.63, 3.8) is 0 Å². The van der Waals surface area contributed by atoms with E-state index in [4.69, 9.17) is 16.3 Å². The van der Waals surface area contributed by atoms with Crippen molar-refractivity contribution >= 4 is 29.1 Å². The quantitative estimate of drug-likeness (QED) is 0.710. The number of nitrogens with zero attached hydrogens (tertiary/aromatic N) is 1. The molecule has 4 rings (SSSR count). The summed E-state index contributed by atoms with van der Waals surface area (Å²) in [6.07, 6.45) is 2.63. The highest BCUT2D eigenvalue weighted by atomic mass is 35.5.